The Kier molecular flexibility index (Phi) is 1.62. The summed E-state index contributed by atoms with van der Waals surface area (Å²) in [6.45, 7) is 0.776. The van der Waals surface area contributed by atoms with Gasteiger partial charge in [0.2, 0.25) is 0 Å². The highest BCUT2D eigenvalue weighted by molar-refractivity contribution is 4.55. The highest BCUT2D eigenvalue weighted by Gasteiger charge is 2.12. The van der Waals surface area contributed by atoms with E-state index in [1.165, 1.54) is 0 Å². The van der Waals surface area contributed by atoms with Crippen molar-refractivity contribution in [3.05, 3.63) is 0 Å². The molecule has 0 spiro atoms. The fraction of sp³-hybridized carbons (Fsp3) is 1.00. The van der Waals surface area contributed by atoms with Gasteiger partial charge >= 0.3 is 0 Å². The Morgan fingerprint density at radius 1 is 1.71 bits per heavy atom. The van der Waals surface area contributed by atoms with E-state index in [0.29, 0.717) is 0 Å². The standard InChI is InChI=1S/C4H9NO2/c6-5-4-2-1-3-7-4/h4-6H,1-3H2. The molecular formula is C4H9NO2. The summed E-state index contributed by atoms with van der Waals surface area (Å²) in [5.41, 5.74) is 2.04. The van der Waals surface area contributed by atoms with E-state index in [1.54, 1.807) is 0 Å². The molecule has 0 aromatic heterocycles. The van der Waals surface area contributed by atoms with Gasteiger partial charge in [-0.05, 0) is 12.8 Å². The van der Waals surface area contributed by atoms with Crippen molar-refractivity contribution < 1.29 is 9.94 Å². The summed E-state index contributed by atoms with van der Waals surface area (Å²) in [6.07, 6.45) is 1.88. The molecule has 42 valence electrons. The molecule has 0 radical (unpaired) electrons. The van der Waals surface area contributed by atoms with Crippen molar-refractivity contribution in [2.75, 3.05) is 6.61 Å². The molecule has 1 aliphatic rings. The number of hydrogen-bond donors (Lipinski definition) is 2. The minimum Gasteiger partial charge on any atom is -0.361 e. The van der Waals surface area contributed by atoms with Gasteiger partial charge in [0, 0.05) is 6.61 Å². The normalized spacial score (nSPS) is 31.3. The molecule has 0 aliphatic carbocycles. The van der Waals surface area contributed by atoms with Crippen molar-refractivity contribution in [2.45, 2.75) is 19.1 Å². The van der Waals surface area contributed by atoms with Crippen LogP contribution in [0.3, 0.4) is 0 Å². The smallest absolute Gasteiger partial charge is 0.130 e. The Labute approximate surface area is 42.2 Å². The number of ether oxygens (including phenoxy) is 1. The average Bonchev–Trinajstić information content (AvgIpc) is 2.14. The lowest BCUT2D eigenvalue weighted by atomic mass is 10.3. The summed E-state index contributed by atoms with van der Waals surface area (Å²) in [5, 5.41) is 8.19. The highest BCUT2D eigenvalue weighted by Crippen LogP contribution is 2.07. The van der Waals surface area contributed by atoms with Gasteiger partial charge in [-0.3, -0.25) is 0 Å². The van der Waals surface area contributed by atoms with Crippen molar-refractivity contribution in [1.29, 1.82) is 0 Å². The van der Waals surface area contributed by atoms with Crippen molar-refractivity contribution in [1.82, 2.24) is 5.48 Å². The maximum absolute atomic E-state index is 8.19. The van der Waals surface area contributed by atoms with E-state index >= 15 is 0 Å². The maximum atomic E-state index is 8.19. The van der Waals surface area contributed by atoms with Crippen LogP contribution < -0.4 is 5.48 Å². The van der Waals surface area contributed by atoms with E-state index < -0.39 is 0 Å². The van der Waals surface area contributed by atoms with Gasteiger partial charge in [-0.1, -0.05) is 0 Å². The molecule has 3 heteroatoms. The van der Waals surface area contributed by atoms with Crippen LogP contribution in [-0.2, 0) is 4.74 Å². The van der Waals surface area contributed by atoms with Crippen molar-refractivity contribution in [2.24, 2.45) is 0 Å². The van der Waals surface area contributed by atoms with E-state index in [-0.39, 0.29) is 6.23 Å². The second kappa shape index (κ2) is 2.26. The minimum absolute atomic E-state index is 0.0972. The minimum atomic E-state index is -0.0972. The third-order valence-corrected chi connectivity index (χ3v) is 1.07. The number of rotatable bonds is 1. The highest BCUT2D eigenvalue weighted by atomic mass is 16.6. The van der Waals surface area contributed by atoms with Gasteiger partial charge in [0.1, 0.15) is 6.23 Å². The zero-order valence-corrected chi connectivity index (χ0v) is 4.05. The molecule has 1 rings (SSSR count). The molecule has 0 saturated carbocycles. The quantitative estimate of drug-likeness (QED) is 0.462. The topological polar surface area (TPSA) is 41.5 Å². The van der Waals surface area contributed by atoms with Crippen LogP contribution in [0.1, 0.15) is 12.8 Å². The van der Waals surface area contributed by atoms with Crippen LogP contribution in [0.4, 0.5) is 0 Å². The van der Waals surface area contributed by atoms with Crippen LogP contribution in [-0.4, -0.2) is 18.0 Å². The van der Waals surface area contributed by atoms with Crippen LogP contribution in [0.25, 0.3) is 0 Å². The molecule has 1 saturated heterocycles. The van der Waals surface area contributed by atoms with Gasteiger partial charge in [-0.25, -0.2) is 0 Å². The fourth-order valence-electron chi connectivity index (χ4n) is 0.679. The van der Waals surface area contributed by atoms with E-state index in [1.807, 2.05) is 5.48 Å². The Morgan fingerprint density at radius 2 is 2.57 bits per heavy atom. The SMILES string of the molecule is ONC1CCCO1. The van der Waals surface area contributed by atoms with Crippen LogP contribution in [0.15, 0.2) is 0 Å². The number of hydrogen-bond acceptors (Lipinski definition) is 3. The molecule has 1 unspecified atom stereocenters. The lowest BCUT2D eigenvalue weighted by molar-refractivity contribution is -0.0169. The van der Waals surface area contributed by atoms with Gasteiger partial charge in [0.05, 0.1) is 0 Å². The van der Waals surface area contributed by atoms with Crippen LogP contribution in [0.5, 0.6) is 0 Å². The van der Waals surface area contributed by atoms with Crippen LogP contribution in [0, 0.1) is 0 Å². The fourth-order valence-corrected chi connectivity index (χ4v) is 0.679. The zero-order valence-electron chi connectivity index (χ0n) is 4.05. The molecule has 0 amide bonds. The molecule has 3 nitrogen and oxygen atoms in total. The van der Waals surface area contributed by atoms with Crippen LogP contribution in [0.2, 0.25) is 0 Å². The summed E-state index contributed by atoms with van der Waals surface area (Å²) in [4.78, 5) is 0. The summed E-state index contributed by atoms with van der Waals surface area (Å²) in [7, 11) is 0. The summed E-state index contributed by atoms with van der Waals surface area (Å²) < 4.78 is 4.94. The van der Waals surface area contributed by atoms with E-state index in [9.17, 15) is 0 Å². The number of nitrogens with one attached hydrogen (secondary N) is 1. The van der Waals surface area contributed by atoms with Crippen LogP contribution >= 0.6 is 0 Å². The first-order valence-electron chi connectivity index (χ1n) is 2.44. The molecular weight excluding hydrogens is 94.0 g/mol. The van der Waals surface area contributed by atoms with Gasteiger partial charge in [0.15, 0.2) is 0 Å². The van der Waals surface area contributed by atoms with Crippen molar-refractivity contribution >= 4 is 0 Å². The Hall–Kier alpha value is -0.120. The molecule has 0 aromatic carbocycles. The van der Waals surface area contributed by atoms with Gasteiger partial charge in [-0.2, -0.15) is 5.48 Å². The third kappa shape index (κ3) is 1.12. The van der Waals surface area contributed by atoms with Gasteiger partial charge < -0.3 is 9.94 Å². The lowest BCUT2D eigenvalue weighted by Gasteiger charge is -2.02. The summed E-state index contributed by atoms with van der Waals surface area (Å²) >= 11 is 0. The van der Waals surface area contributed by atoms with Gasteiger partial charge in [0.25, 0.3) is 0 Å². The molecule has 2 N–H and O–H groups in total. The average molecular weight is 103 g/mol. The predicted molar refractivity (Wildman–Crippen MR) is 23.9 cm³/mol. The molecule has 0 bridgehead atoms. The van der Waals surface area contributed by atoms with Gasteiger partial charge in [-0.15, -0.1) is 0 Å². The largest absolute Gasteiger partial charge is 0.361 e. The van der Waals surface area contributed by atoms with Crippen molar-refractivity contribution in [3.8, 4) is 0 Å². The Bertz CT molecular complexity index is 51.7. The third-order valence-electron chi connectivity index (χ3n) is 1.07. The lowest BCUT2D eigenvalue weighted by Crippen LogP contribution is -2.23. The molecule has 1 aliphatic heterocycles. The maximum Gasteiger partial charge on any atom is 0.130 e. The monoisotopic (exact) mass is 103 g/mol. The van der Waals surface area contributed by atoms with E-state index in [4.69, 9.17) is 9.94 Å². The first-order valence-corrected chi connectivity index (χ1v) is 2.44. The molecule has 0 aromatic rings. The summed E-state index contributed by atoms with van der Waals surface area (Å²) in [5.74, 6) is 0. The Balaban J connectivity index is 2.14. The second-order valence-corrected chi connectivity index (χ2v) is 1.63. The summed E-state index contributed by atoms with van der Waals surface area (Å²) in [6, 6.07) is 0. The number of hydroxylamine groups is 1. The first-order chi connectivity index (χ1) is 3.43. The molecule has 1 heterocycles. The predicted octanol–water partition coefficient (Wildman–Crippen LogP) is 0.102. The zero-order chi connectivity index (χ0) is 5.11. The molecule has 1 atom stereocenters. The second-order valence-electron chi connectivity index (χ2n) is 1.63. The molecule has 7 heavy (non-hydrogen) atoms. The van der Waals surface area contributed by atoms with E-state index in [2.05, 4.69) is 0 Å². The van der Waals surface area contributed by atoms with E-state index in [0.717, 1.165) is 19.4 Å². The first kappa shape index (κ1) is 5.03. The Morgan fingerprint density at radius 3 is 2.86 bits per heavy atom. The van der Waals surface area contributed by atoms with Crippen molar-refractivity contribution in [3.63, 3.8) is 0 Å². The molecule has 1 fully saturated rings.